The van der Waals surface area contributed by atoms with E-state index in [2.05, 4.69) is 4.99 Å². The summed E-state index contributed by atoms with van der Waals surface area (Å²) in [6.45, 7) is 4.00. The summed E-state index contributed by atoms with van der Waals surface area (Å²) in [4.78, 5) is 3.68. The van der Waals surface area contributed by atoms with Crippen LogP contribution in [0.25, 0.3) is 0 Å². The number of ether oxygens (including phenoxy) is 1. The van der Waals surface area contributed by atoms with Gasteiger partial charge >= 0.3 is 0 Å². The van der Waals surface area contributed by atoms with E-state index in [1.165, 1.54) is 6.40 Å². The summed E-state index contributed by atoms with van der Waals surface area (Å²) in [5.41, 5.74) is 0. The standard InChI is InChI=1S/C7H9NO.C2H6/c1-8-6-9-7-4-2-3-5-7;1-2/h2-4,6H,5H2,1H3;1-2H3. The Labute approximate surface area is 68.3 Å². The lowest BCUT2D eigenvalue weighted by Gasteiger charge is -1.95. The van der Waals surface area contributed by atoms with E-state index in [-0.39, 0.29) is 0 Å². The quantitative estimate of drug-likeness (QED) is 0.441. The lowest BCUT2D eigenvalue weighted by atomic mass is 10.4. The Morgan fingerprint density at radius 1 is 1.55 bits per heavy atom. The molecule has 1 aliphatic rings. The molecule has 0 fully saturated rings. The molecule has 0 aromatic heterocycles. The molecule has 0 aliphatic heterocycles. The molecule has 0 saturated carbocycles. The molecule has 2 nitrogen and oxygen atoms in total. The first kappa shape index (κ1) is 9.95. The largest absolute Gasteiger partial charge is 0.450 e. The molecule has 1 aliphatic carbocycles. The van der Waals surface area contributed by atoms with Crippen LogP contribution < -0.4 is 0 Å². The van der Waals surface area contributed by atoms with Gasteiger partial charge in [0.25, 0.3) is 0 Å². The van der Waals surface area contributed by atoms with Gasteiger partial charge in [-0.2, -0.15) is 0 Å². The van der Waals surface area contributed by atoms with E-state index < -0.39 is 0 Å². The molecule has 2 heteroatoms. The molecular formula is C9H15NO. The van der Waals surface area contributed by atoms with Crippen LogP contribution in [0.1, 0.15) is 20.3 Å². The zero-order valence-electron chi connectivity index (χ0n) is 7.37. The molecule has 0 atom stereocenters. The van der Waals surface area contributed by atoms with E-state index in [1.54, 1.807) is 7.05 Å². The molecule has 0 heterocycles. The van der Waals surface area contributed by atoms with Gasteiger partial charge in [-0.1, -0.05) is 26.0 Å². The molecule has 0 saturated heterocycles. The number of rotatable bonds is 2. The van der Waals surface area contributed by atoms with Gasteiger partial charge < -0.3 is 4.74 Å². The third-order valence-corrected chi connectivity index (χ3v) is 1.05. The number of allylic oxidation sites excluding steroid dienone is 3. The van der Waals surface area contributed by atoms with E-state index in [0.29, 0.717) is 0 Å². The number of aliphatic imine (C=N–C) groups is 1. The Hall–Kier alpha value is -1.05. The van der Waals surface area contributed by atoms with E-state index in [9.17, 15) is 0 Å². The van der Waals surface area contributed by atoms with Crippen LogP contribution in [0.5, 0.6) is 0 Å². The number of hydrogen-bond donors (Lipinski definition) is 0. The smallest absolute Gasteiger partial charge is 0.175 e. The fourth-order valence-electron chi connectivity index (χ4n) is 0.635. The van der Waals surface area contributed by atoms with E-state index in [1.807, 2.05) is 32.1 Å². The topological polar surface area (TPSA) is 21.6 Å². The van der Waals surface area contributed by atoms with Crippen molar-refractivity contribution in [3.05, 3.63) is 24.0 Å². The summed E-state index contributed by atoms with van der Waals surface area (Å²) in [6, 6.07) is 0. The van der Waals surface area contributed by atoms with Gasteiger partial charge in [-0.25, -0.2) is 0 Å². The van der Waals surface area contributed by atoms with Crippen LogP contribution in [0.2, 0.25) is 0 Å². The van der Waals surface area contributed by atoms with Gasteiger partial charge in [-0.15, -0.1) is 0 Å². The van der Waals surface area contributed by atoms with Gasteiger partial charge in [0, 0.05) is 13.5 Å². The molecule has 0 radical (unpaired) electrons. The van der Waals surface area contributed by atoms with Gasteiger partial charge in [-0.05, 0) is 6.08 Å². The molecule has 11 heavy (non-hydrogen) atoms. The molecule has 0 unspecified atom stereocenters. The van der Waals surface area contributed by atoms with Crippen LogP contribution in [-0.2, 0) is 4.74 Å². The maximum atomic E-state index is 5.06. The van der Waals surface area contributed by atoms with Gasteiger partial charge in [0.1, 0.15) is 5.76 Å². The Morgan fingerprint density at radius 3 is 2.73 bits per heavy atom. The normalized spacial score (nSPS) is 14.3. The van der Waals surface area contributed by atoms with Gasteiger partial charge in [0.05, 0.1) is 0 Å². The molecule has 0 bridgehead atoms. The molecular weight excluding hydrogens is 138 g/mol. The molecule has 0 amide bonds. The fraction of sp³-hybridized carbons (Fsp3) is 0.444. The highest BCUT2D eigenvalue weighted by atomic mass is 16.5. The second kappa shape index (κ2) is 7.06. The third kappa shape index (κ3) is 4.37. The molecule has 1 rings (SSSR count). The highest BCUT2D eigenvalue weighted by Crippen LogP contribution is 2.09. The highest BCUT2D eigenvalue weighted by Gasteiger charge is 1.95. The maximum absolute atomic E-state index is 5.06. The SMILES string of the molecule is CC.CN=COC1=CC=CC1. The van der Waals surface area contributed by atoms with Crippen molar-refractivity contribution in [2.45, 2.75) is 20.3 Å². The lowest BCUT2D eigenvalue weighted by molar-refractivity contribution is 0.426. The number of nitrogens with zero attached hydrogens (tertiary/aromatic N) is 1. The fourth-order valence-corrected chi connectivity index (χ4v) is 0.635. The summed E-state index contributed by atoms with van der Waals surface area (Å²) in [6.07, 6.45) is 8.28. The predicted molar refractivity (Wildman–Crippen MR) is 48.7 cm³/mol. The Kier molecular flexibility index (Phi) is 6.39. The van der Waals surface area contributed by atoms with Crippen molar-refractivity contribution >= 4 is 6.40 Å². The van der Waals surface area contributed by atoms with Crippen LogP contribution >= 0.6 is 0 Å². The summed E-state index contributed by atoms with van der Waals surface area (Å²) < 4.78 is 5.06. The van der Waals surface area contributed by atoms with Crippen molar-refractivity contribution in [1.29, 1.82) is 0 Å². The van der Waals surface area contributed by atoms with E-state index in [4.69, 9.17) is 4.74 Å². The van der Waals surface area contributed by atoms with Crippen LogP contribution in [0.15, 0.2) is 29.0 Å². The number of hydrogen-bond acceptors (Lipinski definition) is 2. The summed E-state index contributed by atoms with van der Waals surface area (Å²) in [5.74, 6) is 0.959. The van der Waals surface area contributed by atoms with Crippen molar-refractivity contribution in [1.82, 2.24) is 0 Å². The second-order valence-corrected chi connectivity index (χ2v) is 1.75. The molecule has 0 spiro atoms. The lowest BCUT2D eigenvalue weighted by Crippen LogP contribution is -1.84. The minimum Gasteiger partial charge on any atom is -0.450 e. The highest BCUT2D eigenvalue weighted by molar-refractivity contribution is 5.48. The molecule has 0 N–H and O–H groups in total. The monoisotopic (exact) mass is 153 g/mol. The van der Waals surface area contributed by atoms with Crippen molar-refractivity contribution < 1.29 is 4.74 Å². The van der Waals surface area contributed by atoms with E-state index >= 15 is 0 Å². The zero-order valence-corrected chi connectivity index (χ0v) is 7.37. The first-order valence-electron chi connectivity index (χ1n) is 3.86. The summed E-state index contributed by atoms with van der Waals surface area (Å²) >= 11 is 0. The third-order valence-electron chi connectivity index (χ3n) is 1.05. The van der Waals surface area contributed by atoms with E-state index in [0.717, 1.165) is 12.2 Å². The predicted octanol–water partition coefficient (Wildman–Crippen LogP) is 2.53. The molecule has 0 aromatic carbocycles. The molecule has 0 aromatic rings. The minimum absolute atomic E-state index is 0.895. The summed E-state index contributed by atoms with van der Waals surface area (Å²) in [7, 11) is 1.68. The first-order valence-corrected chi connectivity index (χ1v) is 3.86. The average Bonchev–Trinajstić information content (AvgIpc) is 2.57. The van der Waals surface area contributed by atoms with Crippen LogP contribution in [0.4, 0.5) is 0 Å². The van der Waals surface area contributed by atoms with Crippen LogP contribution in [-0.4, -0.2) is 13.4 Å². The van der Waals surface area contributed by atoms with Crippen molar-refractivity contribution in [3.63, 3.8) is 0 Å². The summed E-state index contributed by atoms with van der Waals surface area (Å²) in [5, 5.41) is 0. The Balaban J connectivity index is 0.000000461. The second-order valence-electron chi connectivity index (χ2n) is 1.75. The zero-order chi connectivity index (χ0) is 8.53. The van der Waals surface area contributed by atoms with Crippen LogP contribution in [0.3, 0.4) is 0 Å². The first-order chi connectivity index (χ1) is 5.43. The van der Waals surface area contributed by atoms with Crippen LogP contribution in [0, 0.1) is 0 Å². The minimum atomic E-state index is 0.895. The van der Waals surface area contributed by atoms with Crippen molar-refractivity contribution in [2.75, 3.05) is 7.05 Å². The molecule has 62 valence electrons. The van der Waals surface area contributed by atoms with Crippen molar-refractivity contribution in [2.24, 2.45) is 4.99 Å². The van der Waals surface area contributed by atoms with Gasteiger partial charge in [0.15, 0.2) is 6.40 Å². The maximum Gasteiger partial charge on any atom is 0.175 e. The van der Waals surface area contributed by atoms with Gasteiger partial charge in [-0.3, -0.25) is 4.99 Å². The average molecular weight is 153 g/mol. The Bertz CT molecular complexity index is 168. The van der Waals surface area contributed by atoms with Gasteiger partial charge in [0.2, 0.25) is 0 Å². The van der Waals surface area contributed by atoms with Crippen molar-refractivity contribution in [3.8, 4) is 0 Å². The Morgan fingerprint density at radius 2 is 2.27 bits per heavy atom.